The van der Waals surface area contributed by atoms with Crippen molar-refractivity contribution in [2.24, 2.45) is 0 Å². The molecule has 1 fully saturated rings. The SMILES string of the molecule is O=C(c1ccccc1Cl)N(Cc1c(F)cccc1Cl)C1CCS(=O)(=O)C1. The van der Waals surface area contributed by atoms with Gasteiger partial charge in [-0.15, -0.1) is 0 Å². The summed E-state index contributed by atoms with van der Waals surface area (Å²) in [6, 6.07) is 10.2. The van der Waals surface area contributed by atoms with Crippen LogP contribution >= 0.6 is 23.2 Å². The summed E-state index contributed by atoms with van der Waals surface area (Å²) in [4.78, 5) is 14.4. The zero-order valence-electron chi connectivity index (χ0n) is 13.7. The third kappa shape index (κ3) is 4.03. The van der Waals surface area contributed by atoms with Crippen LogP contribution < -0.4 is 0 Å². The summed E-state index contributed by atoms with van der Waals surface area (Å²) in [6.45, 7) is -0.129. The van der Waals surface area contributed by atoms with E-state index >= 15 is 0 Å². The van der Waals surface area contributed by atoms with E-state index in [4.69, 9.17) is 23.2 Å². The third-order valence-electron chi connectivity index (χ3n) is 4.40. The lowest BCUT2D eigenvalue weighted by molar-refractivity contribution is 0.0679. The standard InChI is InChI=1S/C18H16Cl2FNO3S/c19-15-5-2-1-4-13(15)18(23)22(12-8-9-26(24,25)11-12)10-14-16(20)6-3-7-17(14)21/h1-7,12H,8-11H2. The van der Waals surface area contributed by atoms with Crippen LogP contribution in [0.1, 0.15) is 22.3 Å². The minimum Gasteiger partial charge on any atom is -0.330 e. The Balaban J connectivity index is 2.00. The number of sulfone groups is 1. The summed E-state index contributed by atoms with van der Waals surface area (Å²) >= 11 is 12.2. The van der Waals surface area contributed by atoms with E-state index in [1.54, 1.807) is 24.3 Å². The predicted octanol–water partition coefficient (Wildman–Crippen LogP) is 3.96. The fourth-order valence-electron chi connectivity index (χ4n) is 3.03. The van der Waals surface area contributed by atoms with Gasteiger partial charge in [-0.2, -0.15) is 0 Å². The molecular weight excluding hydrogens is 400 g/mol. The number of halogens is 3. The van der Waals surface area contributed by atoms with Crippen molar-refractivity contribution in [3.05, 3.63) is 69.5 Å². The van der Waals surface area contributed by atoms with E-state index in [1.807, 2.05) is 0 Å². The Kier molecular flexibility index (Phi) is 5.55. The molecule has 1 heterocycles. The lowest BCUT2D eigenvalue weighted by Crippen LogP contribution is -2.41. The quantitative estimate of drug-likeness (QED) is 0.758. The number of amides is 1. The first-order valence-corrected chi connectivity index (χ1v) is 10.5. The molecule has 1 aliphatic heterocycles. The van der Waals surface area contributed by atoms with Crippen molar-refractivity contribution in [3.8, 4) is 0 Å². The van der Waals surface area contributed by atoms with Gasteiger partial charge in [0.2, 0.25) is 0 Å². The lowest BCUT2D eigenvalue weighted by Gasteiger charge is -2.29. The zero-order chi connectivity index (χ0) is 18.9. The highest BCUT2D eigenvalue weighted by molar-refractivity contribution is 7.91. The van der Waals surface area contributed by atoms with Gasteiger partial charge in [-0.3, -0.25) is 4.79 Å². The fourth-order valence-corrected chi connectivity index (χ4v) is 5.20. The number of carbonyl (C=O) groups is 1. The molecule has 1 unspecified atom stereocenters. The number of rotatable bonds is 4. The molecule has 0 aromatic heterocycles. The molecule has 3 rings (SSSR count). The van der Waals surface area contributed by atoms with E-state index in [1.165, 1.54) is 23.1 Å². The van der Waals surface area contributed by atoms with E-state index in [0.717, 1.165) is 0 Å². The Morgan fingerprint density at radius 2 is 1.81 bits per heavy atom. The molecule has 0 spiro atoms. The summed E-state index contributed by atoms with van der Waals surface area (Å²) in [6.07, 6.45) is 0.296. The molecule has 0 radical (unpaired) electrons. The Morgan fingerprint density at radius 1 is 1.12 bits per heavy atom. The van der Waals surface area contributed by atoms with Crippen molar-refractivity contribution >= 4 is 38.9 Å². The lowest BCUT2D eigenvalue weighted by atomic mass is 10.1. The average molecular weight is 416 g/mol. The maximum Gasteiger partial charge on any atom is 0.255 e. The molecule has 1 aliphatic rings. The van der Waals surface area contributed by atoms with Gasteiger partial charge in [0, 0.05) is 16.6 Å². The number of benzene rings is 2. The number of hydrogen-bond acceptors (Lipinski definition) is 3. The first kappa shape index (κ1) is 19.1. The van der Waals surface area contributed by atoms with Gasteiger partial charge in [0.05, 0.1) is 28.6 Å². The molecule has 26 heavy (non-hydrogen) atoms. The van der Waals surface area contributed by atoms with E-state index in [9.17, 15) is 17.6 Å². The molecule has 1 atom stereocenters. The monoisotopic (exact) mass is 415 g/mol. The van der Waals surface area contributed by atoms with Gasteiger partial charge in [0.15, 0.2) is 9.84 Å². The topological polar surface area (TPSA) is 54.5 Å². The van der Waals surface area contributed by atoms with Crippen LogP contribution in [-0.4, -0.2) is 36.8 Å². The van der Waals surface area contributed by atoms with Crippen LogP contribution in [0.5, 0.6) is 0 Å². The highest BCUT2D eigenvalue weighted by Gasteiger charge is 2.36. The first-order chi connectivity index (χ1) is 12.3. The fraction of sp³-hybridized carbons (Fsp3) is 0.278. The molecule has 0 saturated carbocycles. The molecule has 2 aromatic rings. The van der Waals surface area contributed by atoms with Crippen molar-refractivity contribution in [1.82, 2.24) is 4.90 Å². The second-order valence-electron chi connectivity index (χ2n) is 6.17. The van der Waals surface area contributed by atoms with Crippen LogP contribution in [0.25, 0.3) is 0 Å². The van der Waals surface area contributed by atoms with Gasteiger partial charge >= 0.3 is 0 Å². The maximum atomic E-state index is 14.2. The van der Waals surface area contributed by atoms with Crippen molar-refractivity contribution in [1.29, 1.82) is 0 Å². The van der Waals surface area contributed by atoms with Crippen LogP contribution in [0.3, 0.4) is 0 Å². The maximum absolute atomic E-state index is 14.2. The molecule has 1 saturated heterocycles. The first-order valence-electron chi connectivity index (χ1n) is 7.97. The van der Waals surface area contributed by atoms with E-state index in [2.05, 4.69) is 0 Å². The van der Waals surface area contributed by atoms with Crippen molar-refractivity contribution in [2.75, 3.05) is 11.5 Å². The van der Waals surface area contributed by atoms with Gasteiger partial charge in [0.1, 0.15) is 5.82 Å². The van der Waals surface area contributed by atoms with E-state index in [-0.39, 0.29) is 39.2 Å². The van der Waals surface area contributed by atoms with Crippen LogP contribution in [0.2, 0.25) is 10.0 Å². The van der Waals surface area contributed by atoms with Crippen molar-refractivity contribution in [2.45, 2.75) is 19.0 Å². The van der Waals surface area contributed by atoms with E-state index < -0.39 is 27.6 Å². The van der Waals surface area contributed by atoms with Crippen molar-refractivity contribution < 1.29 is 17.6 Å². The number of carbonyl (C=O) groups excluding carboxylic acids is 1. The molecule has 0 N–H and O–H groups in total. The third-order valence-corrected chi connectivity index (χ3v) is 6.84. The van der Waals surface area contributed by atoms with E-state index in [0.29, 0.717) is 6.42 Å². The minimum atomic E-state index is -3.23. The van der Waals surface area contributed by atoms with Crippen LogP contribution in [0.4, 0.5) is 4.39 Å². The molecule has 4 nitrogen and oxygen atoms in total. The second kappa shape index (κ2) is 7.55. The summed E-state index contributed by atoms with van der Waals surface area (Å²) in [5.41, 5.74) is 0.393. The molecule has 1 amide bonds. The summed E-state index contributed by atoms with van der Waals surface area (Å²) in [5.74, 6) is -1.16. The van der Waals surface area contributed by atoms with Gasteiger partial charge in [0.25, 0.3) is 5.91 Å². The summed E-state index contributed by atoms with van der Waals surface area (Å²) < 4.78 is 38.0. The Morgan fingerprint density at radius 3 is 2.42 bits per heavy atom. The highest BCUT2D eigenvalue weighted by Crippen LogP contribution is 2.28. The zero-order valence-corrected chi connectivity index (χ0v) is 16.0. The molecule has 0 aliphatic carbocycles. The second-order valence-corrected chi connectivity index (χ2v) is 9.21. The smallest absolute Gasteiger partial charge is 0.255 e. The van der Waals surface area contributed by atoms with Gasteiger partial charge in [-0.05, 0) is 30.7 Å². The van der Waals surface area contributed by atoms with Gasteiger partial charge in [-0.25, -0.2) is 12.8 Å². The molecular formula is C18H16Cl2FNO3S. The molecule has 138 valence electrons. The Labute approximate surface area is 161 Å². The highest BCUT2D eigenvalue weighted by atomic mass is 35.5. The van der Waals surface area contributed by atoms with Gasteiger partial charge in [-0.1, -0.05) is 41.4 Å². The largest absolute Gasteiger partial charge is 0.330 e. The minimum absolute atomic E-state index is 0.00499. The Hall–Kier alpha value is -1.63. The normalized spacial score (nSPS) is 18.7. The summed E-state index contributed by atoms with van der Waals surface area (Å²) in [5, 5.41) is 0.436. The Bertz CT molecular complexity index is 929. The molecule has 8 heteroatoms. The number of hydrogen-bond donors (Lipinski definition) is 0. The molecule has 2 aromatic carbocycles. The molecule has 0 bridgehead atoms. The summed E-state index contributed by atoms with van der Waals surface area (Å²) in [7, 11) is -3.23. The average Bonchev–Trinajstić information content (AvgIpc) is 2.94. The van der Waals surface area contributed by atoms with Crippen LogP contribution in [0.15, 0.2) is 42.5 Å². The number of nitrogens with zero attached hydrogens (tertiary/aromatic N) is 1. The predicted molar refractivity (Wildman–Crippen MR) is 99.8 cm³/mol. The van der Waals surface area contributed by atoms with Gasteiger partial charge < -0.3 is 4.90 Å². The van der Waals surface area contributed by atoms with Crippen molar-refractivity contribution in [3.63, 3.8) is 0 Å². The van der Waals surface area contributed by atoms with Crippen LogP contribution in [-0.2, 0) is 16.4 Å². The van der Waals surface area contributed by atoms with Crippen LogP contribution in [0, 0.1) is 5.82 Å².